The van der Waals surface area contributed by atoms with Crippen molar-refractivity contribution in [3.63, 3.8) is 0 Å². The Balaban J connectivity index is 0.000000396. The zero-order valence-corrected chi connectivity index (χ0v) is 8.45. The molecule has 0 atom stereocenters. The molecule has 1 aliphatic rings. The largest absolute Gasteiger partial charge is 0.342 e. The Morgan fingerprint density at radius 1 is 1.31 bits per heavy atom. The molecule has 3 nitrogen and oxygen atoms in total. The predicted octanol–water partition coefficient (Wildman–Crippen LogP) is 1.60. The summed E-state index contributed by atoms with van der Waals surface area (Å²) in [5.41, 5.74) is 0.804. The van der Waals surface area contributed by atoms with Crippen molar-refractivity contribution >= 4 is 5.91 Å². The second-order valence-electron chi connectivity index (χ2n) is 2.81. The van der Waals surface area contributed by atoms with Crippen molar-refractivity contribution in [1.29, 1.82) is 0 Å². The zero-order chi connectivity index (χ0) is 9.84. The van der Waals surface area contributed by atoms with Gasteiger partial charge in [-0.2, -0.15) is 0 Å². The molecule has 0 unspecified atom stereocenters. The molecule has 0 aliphatic carbocycles. The van der Waals surface area contributed by atoms with Crippen molar-refractivity contribution in [3.8, 4) is 0 Å². The number of likely N-dealkylation sites (N-methyl/N-ethyl adjacent to an activating group) is 1. The van der Waals surface area contributed by atoms with Crippen LogP contribution in [0.1, 0.15) is 24.3 Å². The number of aromatic nitrogens is 1. The van der Waals surface area contributed by atoms with Gasteiger partial charge in [-0.15, -0.1) is 0 Å². The molecule has 1 amide bonds. The van der Waals surface area contributed by atoms with Crippen molar-refractivity contribution in [2.45, 2.75) is 20.4 Å². The summed E-state index contributed by atoms with van der Waals surface area (Å²) in [7, 11) is 1.83. The maximum Gasteiger partial charge on any atom is 0.270 e. The van der Waals surface area contributed by atoms with Crippen LogP contribution in [0.2, 0.25) is 0 Å². The van der Waals surface area contributed by atoms with E-state index in [0.717, 1.165) is 18.8 Å². The van der Waals surface area contributed by atoms with Gasteiger partial charge in [0.2, 0.25) is 0 Å². The highest BCUT2D eigenvalue weighted by Crippen LogP contribution is 2.10. The van der Waals surface area contributed by atoms with E-state index < -0.39 is 0 Å². The first-order chi connectivity index (χ1) is 6.29. The van der Waals surface area contributed by atoms with Gasteiger partial charge in [-0.05, 0) is 12.1 Å². The smallest absolute Gasteiger partial charge is 0.270 e. The lowest BCUT2D eigenvalue weighted by molar-refractivity contribution is 0.0749. The van der Waals surface area contributed by atoms with Gasteiger partial charge in [0, 0.05) is 26.3 Å². The van der Waals surface area contributed by atoms with Crippen LogP contribution in [0.5, 0.6) is 0 Å². The molecule has 0 aromatic carbocycles. The maximum absolute atomic E-state index is 11.4. The summed E-state index contributed by atoms with van der Waals surface area (Å²) < 4.78 is 1.99. The standard InChI is InChI=1S/C8H10N2O.C2H6/c1-9-5-6-10-4-2-3-7(10)8(9)11;1-2/h2-4H,5-6H2,1H3;1-2H3. The fraction of sp³-hybridized carbons (Fsp3) is 0.500. The minimum Gasteiger partial charge on any atom is -0.342 e. The van der Waals surface area contributed by atoms with Gasteiger partial charge in [-0.1, -0.05) is 13.8 Å². The van der Waals surface area contributed by atoms with Crippen molar-refractivity contribution in [3.05, 3.63) is 24.0 Å². The average molecular weight is 180 g/mol. The second-order valence-corrected chi connectivity index (χ2v) is 2.81. The molecule has 0 spiro atoms. The molecule has 0 radical (unpaired) electrons. The van der Waals surface area contributed by atoms with E-state index >= 15 is 0 Å². The van der Waals surface area contributed by atoms with Gasteiger partial charge >= 0.3 is 0 Å². The number of rotatable bonds is 0. The molecule has 3 heteroatoms. The van der Waals surface area contributed by atoms with Gasteiger partial charge in [0.25, 0.3) is 5.91 Å². The van der Waals surface area contributed by atoms with Crippen molar-refractivity contribution in [2.24, 2.45) is 0 Å². The molecule has 0 saturated carbocycles. The van der Waals surface area contributed by atoms with Gasteiger partial charge in [-0.3, -0.25) is 4.79 Å². The van der Waals surface area contributed by atoms with Crippen LogP contribution in [0, 0.1) is 0 Å². The van der Waals surface area contributed by atoms with E-state index in [4.69, 9.17) is 0 Å². The van der Waals surface area contributed by atoms with E-state index in [0.29, 0.717) is 0 Å². The number of hydrogen-bond acceptors (Lipinski definition) is 1. The minimum atomic E-state index is 0.126. The Hall–Kier alpha value is -1.25. The van der Waals surface area contributed by atoms with E-state index in [1.54, 1.807) is 4.90 Å². The van der Waals surface area contributed by atoms with Gasteiger partial charge in [-0.25, -0.2) is 0 Å². The quantitative estimate of drug-likeness (QED) is 0.595. The second kappa shape index (κ2) is 4.12. The number of carbonyl (C=O) groups is 1. The third-order valence-electron chi connectivity index (χ3n) is 2.07. The van der Waals surface area contributed by atoms with Gasteiger partial charge in [0.05, 0.1) is 0 Å². The van der Waals surface area contributed by atoms with E-state index in [2.05, 4.69) is 0 Å². The third-order valence-corrected chi connectivity index (χ3v) is 2.07. The average Bonchev–Trinajstić information content (AvgIpc) is 2.63. The fourth-order valence-corrected chi connectivity index (χ4v) is 1.36. The number of amides is 1. The van der Waals surface area contributed by atoms with Crippen LogP contribution in [0.25, 0.3) is 0 Å². The minimum absolute atomic E-state index is 0.126. The van der Waals surface area contributed by atoms with Crippen LogP contribution >= 0.6 is 0 Å². The summed E-state index contributed by atoms with van der Waals surface area (Å²) in [6, 6.07) is 3.77. The Kier molecular flexibility index (Phi) is 3.12. The third kappa shape index (κ3) is 1.74. The summed E-state index contributed by atoms with van der Waals surface area (Å²) in [6.07, 6.45) is 1.94. The van der Waals surface area contributed by atoms with Gasteiger partial charge in [0.1, 0.15) is 5.69 Å². The number of nitrogens with zero attached hydrogens (tertiary/aromatic N) is 2. The lowest BCUT2D eigenvalue weighted by Crippen LogP contribution is -2.36. The summed E-state index contributed by atoms with van der Waals surface area (Å²) >= 11 is 0. The molecule has 2 heterocycles. The van der Waals surface area contributed by atoms with Crippen LogP contribution in [-0.4, -0.2) is 29.0 Å². The van der Waals surface area contributed by atoms with Crippen molar-refractivity contribution in [2.75, 3.05) is 13.6 Å². The van der Waals surface area contributed by atoms with Crippen molar-refractivity contribution in [1.82, 2.24) is 9.47 Å². The molecule has 0 fully saturated rings. The van der Waals surface area contributed by atoms with Gasteiger partial charge in [0.15, 0.2) is 0 Å². The molecule has 1 aromatic heterocycles. The lowest BCUT2D eigenvalue weighted by atomic mass is 10.3. The summed E-state index contributed by atoms with van der Waals surface area (Å²) in [5, 5.41) is 0. The Morgan fingerprint density at radius 3 is 2.69 bits per heavy atom. The molecular weight excluding hydrogens is 164 g/mol. The van der Waals surface area contributed by atoms with E-state index in [-0.39, 0.29) is 5.91 Å². The molecule has 1 aromatic rings. The maximum atomic E-state index is 11.4. The Bertz CT molecular complexity index is 291. The molecule has 13 heavy (non-hydrogen) atoms. The SMILES string of the molecule is CC.CN1CCn2cccc2C1=O. The number of hydrogen-bond donors (Lipinski definition) is 0. The molecule has 1 aliphatic heterocycles. The van der Waals surface area contributed by atoms with Crippen LogP contribution < -0.4 is 0 Å². The monoisotopic (exact) mass is 180 g/mol. The molecule has 0 N–H and O–H groups in total. The highest BCUT2D eigenvalue weighted by Gasteiger charge is 2.19. The van der Waals surface area contributed by atoms with E-state index in [9.17, 15) is 4.79 Å². The summed E-state index contributed by atoms with van der Waals surface area (Å²) in [4.78, 5) is 13.1. The lowest BCUT2D eigenvalue weighted by Gasteiger charge is -2.24. The first kappa shape index (κ1) is 9.84. The highest BCUT2D eigenvalue weighted by molar-refractivity contribution is 5.93. The predicted molar refractivity (Wildman–Crippen MR) is 52.7 cm³/mol. The van der Waals surface area contributed by atoms with Crippen LogP contribution in [-0.2, 0) is 6.54 Å². The fourth-order valence-electron chi connectivity index (χ4n) is 1.36. The summed E-state index contributed by atoms with van der Waals surface area (Å²) in [6.45, 7) is 5.74. The first-order valence-electron chi connectivity index (χ1n) is 4.69. The molecular formula is C10H16N2O. The highest BCUT2D eigenvalue weighted by atomic mass is 16.2. The first-order valence-corrected chi connectivity index (χ1v) is 4.69. The van der Waals surface area contributed by atoms with E-state index in [1.807, 2.05) is 43.8 Å². The number of fused-ring (bicyclic) bond motifs is 1. The molecule has 72 valence electrons. The van der Waals surface area contributed by atoms with Crippen molar-refractivity contribution < 1.29 is 4.79 Å². The van der Waals surface area contributed by atoms with E-state index in [1.165, 1.54) is 0 Å². The van der Waals surface area contributed by atoms with Gasteiger partial charge < -0.3 is 9.47 Å². The van der Waals surface area contributed by atoms with Crippen LogP contribution in [0.15, 0.2) is 18.3 Å². The molecule has 0 saturated heterocycles. The Morgan fingerprint density at radius 2 is 2.00 bits per heavy atom. The number of carbonyl (C=O) groups excluding carboxylic acids is 1. The van der Waals surface area contributed by atoms with Crippen LogP contribution in [0.4, 0.5) is 0 Å². The zero-order valence-electron chi connectivity index (χ0n) is 8.45. The molecule has 2 rings (SSSR count). The van der Waals surface area contributed by atoms with Crippen LogP contribution in [0.3, 0.4) is 0 Å². The summed E-state index contributed by atoms with van der Waals surface area (Å²) in [5.74, 6) is 0.126. The normalized spacial score (nSPS) is 14.7. The topological polar surface area (TPSA) is 25.2 Å². The Labute approximate surface area is 79.0 Å². The molecule has 0 bridgehead atoms.